The molecular formula is C24H24F4N4O7S3. The van der Waals surface area contributed by atoms with Gasteiger partial charge in [0.2, 0.25) is 5.60 Å². The van der Waals surface area contributed by atoms with Crippen molar-refractivity contribution >= 4 is 48.9 Å². The number of amides is 1. The summed E-state index contributed by atoms with van der Waals surface area (Å²) >= 11 is 0.938. The molecule has 0 saturated carbocycles. The number of carbonyl (C=O) groups is 1. The number of nitrogens with one attached hydrogen (secondary N) is 2. The number of alkyl halides is 3. The summed E-state index contributed by atoms with van der Waals surface area (Å²) in [4.78, 5) is 15.8. The summed E-state index contributed by atoms with van der Waals surface area (Å²) in [5.41, 5.74) is -3.06. The number of hydrogen-bond donors (Lipinski definition) is 2. The molecule has 0 unspecified atom stereocenters. The molecule has 0 radical (unpaired) electrons. The number of sulfonamides is 2. The Morgan fingerprint density at radius 2 is 1.81 bits per heavy atom. The lowest BCUT2D eigenvalue weighted by molar-refractivity contribution is -0.242. The normalized spacial score (nSPS) is 16.0. The highest BCUT2D eigenvalue weighted by molar-refractivity contribution is 7.93. The number of anilines is 2. The van der Waals surface area contributed by atoms with Gasteiger partial charge in [-0.2, -0.15) is 13.2 Å². The molecule has 1 atom stereocenters. The van der Waals surface area contributed by atoms with Crippen LogP contribution in [0.2, 0.25) is 0 Å². The minimum absolute atomic E-state index is 0.0423. The van der Waals surface area contributed by atoms with Gasteiger partial charge in [-0.3, -0.25) is 9.62 Å². The van der Waals surface area contributed by atoms with Crippen LogP contribution in [0.15, 0.2) is 57.8 Å². The predicted octanol–water partition coefficient (Wildman–Crippen LogP) is 4.41. The number of carbonyl (C=O) groups excluding carboxylic acids is 1. The lowest BCUT2D eigenvalue weighted by Gasteiger charge is -2.35. The van der Waals surface area contributed by atoms with Crippen LogP contribution in [0.3, 0.4) is 0 Å². The number of thiazole rings is 1. The van der Waals surface area contributed by atoms with E-state index in [0.29, 0.717) is 18.9 Å². The van der Waals surface area contributed by atoms with Gasteiger partial charge in [-0.05, 0) is 63.2 Å². The second kappa shape index (κ2) is 11.3. The van der Waals surface area contributed by atoms with E-state index in [2.05, 4.69) is 19.8 Å². The van der Waals surface area contributed by atoms with Crippen LogP contribution in [0.1, 0.15) is 18.9 Å². The van der Waals surface area contributed by atoms with Gasteiger partial charge in [0.1, 0.15) is 17.7 Å². The first-order chi connectivity index (χ1) is 19.4. The molecule has 1 aliphatic heterocycles. The van der Waals surface area contributed by atoms with Gasteiger partial charge in [0, 0.05) is 12.2 Å². The standard InChI is InChI=1S/C24H24F4N4O7S3/c1-14-29-12-21(40-14)41(34,35)30-11-17-13-32(42(36,37)18-7-4-15(25)5-8-18)19-10-16(6-9-20(19)38-17)31-22(33)39-23(2,3)24(26,27)28/h4-10,12,17,30H,11,13H2,1-3H3,(H,31,33)/t17-/m0/s1. The summed E-state index contributed by atoms with van der Waals surface area (Å²) < 4.78 is 119. The molecule has 3 aromatic rings. The summed E-state index contributed by atoms with van der Waals surface area (Å²) in [5, 5.41) is 2.65. The van der Waals surface area contributed by atoms with Gasteiger partial charge in [0.15, 0.2) is 4.21 Å². The fourth-order valence-electron chi connectivity index (χ4n) is 3.63. The van der Waals surface area contributed by atoms with Crippen LogP contribution < -0.4 is 19.1 Å². The summed E-state index contributed by atoms with van der Waals surface area (Å²) in [7, 11) is -8.41. The first-order valence-corrected chi connectivity index (χ1v) is 15.7. The predicted molar refractivity (Wildman–Crippen MR) is 144 cm³/mol. The zero-order valence-electron chi connectivity index (χ0n) is 22.1. The third-order valence-corrected chi connectivity index (χ3v) is 10.5. The van der Waals surface area contributed by atoms with E-state index in [4.69, 9.17) is 4.74 Å². The summed E-state index contributed by atoms with van der Waals surface area (Å²) in [6.45, 7) is 2.17. The summed E-state index contributed by atoms with van der Waals surface area (Å²) in [6, 6.07) is 7.56. The molecule has 1 aromatic heterocycles. The Morgan fingerprint density at radius 1 is 1.14 bits per heavy atom. The Morgan fingerprint density at radius 3 is 2.40 bits per heavy atom. The lowest BCUT2D eigenvalue weighted by Crippen LogP contribution is -2.48. The Bertz CT molecular complexity index is 1690. The quantitative estimate of drug-likeness (QED) is 0.341. The number of benzene rings is 2. The smallest absolute Gasteiger partial charge is 0.427 e. The van der Waals surface area contributed by atoms with E-state index in [-0.39, 0.29) is 32.8 Å². The van der Waals surface area contributed by atoms with Crippen LogP contribution in [0, 0.1) is 12.7 Å². The highest BCUT2D eigenvalue weighted by Crippen LogP contribution is 2.39. The van der Waals surface area contributed by atoms with Gasteiger partial charge in [-0.15, -0.1) is 11.3 Å². The second-order valence-electron chi connectivity index (χ2n) is 9.49. The van der Waals surface area contributed by atoms with Crippen molar-refractivity contribution in [2.24, 2.45) is 0 Å². The first kappa shape index (κ1) is 31.5. The Balaban J connectivity index is 1.64. The van der Waals surface area contributed by atoms with E-state index in [1.54, 1.807) is 6.92 Å². The third kappa shape index (κ3) is 6.77. The minimum atomic E-state index is -4.86. The molecule has 1 amide bonds. The zero-order valence-corrected chi connectivity index (χ0v) is 24.5. The topological polar surface area (TPSA) is 144 Å². The highest BCUT2D eigenvalue weighted by Gasteiger charge is 2.51. The maximum Gasteiger partial charge on any atom is 0.427 e. The number of rotatable bonds is 8. The average Bonchev–Trinajstić information content (AvgIpc) is 3.33. The number of aryl methyl sites for hydroxylation is 1. The van der Waals surface area contributed by atoms with Crippen molar-refractivity contribution in [3.8, 4) is 5.75 Å². The fraction of sp³-hybridized carbons (Fsp3) is 0.333. The Hall–Kier alpha value is -3.48. The van der Waals surface area contributed by atoms with Crippen molar-refractivity contribution in [2.45, 2.75) is 47.8 Å². The molecule has 1 aliphatic rings. The molecule has 228 valence electrons. The monoisotopic (exact) mass is 652 g/mol. The Kier molecular flexibility index (Phi) is 8.47. The van der Waals surface area contributed by atoms with Crippen molar-refractivity contribution in [3.63, 3.8) is 0 Å². The molecule has 18 heteroatoms. The van der Waals surface area contributed by atoms with Gasteiger partial charge in [-0.25, -0.2) is 35.7 Å². The molecular weight excluding hydrogens is 628 g/mol. The zero-order chi connectivity index (χ0) is 31.1. The molecule has 0 spiro atoms. The van der Waals surface area contributed by atoms with Crippen LogP contribution in [0.25, 0.3) is 0 Å². The third-order valence-electron chi connectivity index (χ3n) is 5.94. The van der Waals surface area contributed by atoms with E-state index in [1.165, 1.54) is 18.3 Å². The molecule has 0 saturated heterocycles. The largest absolute Gasteiger partial charge is 0.485 e. The van der Waals surface area contributed by atoms with Gasteiger partial charge < -0.3 is 9.47 Å². The van der Waals surface area contributed by atoms with E-state index in [1.807, 2.05) is 0 Å². The van der Waals surface area contributed by atoms with Gasteiger partial charge >= 0.3 is 12.3 Å². The molecule has 2 aromatic carbocycles. The minimum Gasteiger partial charge on any atom is -0.485 e. The number of nitrogens with zero attached hydrogens (tertiary/aromatic N) is 2. The molecule has 0 fully saturated rings. The van der Waals surface area contributed by atoms with Crippen LogP contribution >= 0.6 is 11.3 Å². The summed E-state index contributed by atoms with van der Waals surface area (Å²) in [6.07, 6.45) is -6.18. The van der Waals surface area contributed by atoms with Crippen LogP contribution in [0.5, 0.6) is 5.75 Å². The fourth-order valence-corrected chi connectivity index (χ4v) is 7.35. The maximum atomic E-state index is 13.6. The van der Waals surface area contributed by atoms with Crippen molar-refractivity contribution in [1.29, 1.82) is 0 Å². The Labute approximate surface area is 242 Å². The van der Waals surface area contributed by atoms with Gasteiger partial charge in [-0.1, -0.05) is 0 Å². The van der Waals surface area contributed by atoms with E-state index >= 15 is 0 Å². The van der Waals surface area contributed by atoms with Crippen LogP contribution in [0.4, 0.5) is 33.7 Å². The molecule has 11 nitrogen and oxygen atoms in total. The van der Waals surface area contributed by atoms with E-state index in [0.717, 1.165) is 46.0 Å². The van der Waals surface area contributed by atoms with Crippen molar-refractivity contribution in [2.75, 3.05) is 22.7 Å². The molecule has 2 heterocycles. The van der Waals surface area contributed by atoms with E-state index in [9.17, 15) is 39.2 Å². The SMILES string of the molecule is Cc1ncc(S(=O)(=O)NC[C@H]2CN(S(=O)(=O)c3ccc(F)cc3)c3cc(NC(=O)OC(C)(C)C(F)(F)F)ccc3O2)s1. The number of aromatic nitrogens is 1. The molecule has 2 N–H and O–H groups in total. The highest BCUT2D eigenvalue weighted by atomic mass is 32.2. The van der Waals surface area contributed by atoms with Crippen molar-refractivity contribution in [3.05, 3.63) is 59.5 Å². The molecule has 42 heavy (non-hydrogen) atoms. The molecule has 0 bridgehead atoms. The lowest BCUT2D eigenvalue weighted by atomic mass is 10.1. The average molecular weight is 653 g/mol. The van der Waals surface area contributed by atoms with Gasteiger partial charge in [0.25, 0.3) is 20.0 Å². The summed E-state index contributed by atoms with van der Waals surface area (Å²) in [5.74, 6) is -0.729. The maximum absolute atomic E-state index is 13.6. The number of fused-ring (bicyclic) bond motifs is 1. The molecule has 0 aliphatic carbocycles. The van der Waals surface area contributed by atoms with Crippen molar-refractivity contribution in [1.82, 2.24) is 9.71 Å². The number of hydrogen-bond acceptors (Lipinski definition) is 9. The van der Waals surface area contributed by atoms with E-state index < -0.39 is 56.4 Å². The number of ether oxygens (including phenoxy) is 2. The first-order valence-electron chi connectivity index (χ1n) is 12.0. The molecule has 4 rings (SSSR count). The van der Waals surface area contributed by atoms with Gasteiger partial charge in [0.05, 0.1) is 28.3 Å². The second-order valence-corrected chi connectivity index (χ2v) is 14.6. The number of halogens is 4. The van der Waals surface area contributed by atoms with Crippen LogP contribution in [-0.2, 0) is 24.8 Å². The van der Waals surface area contributed by atoms with Crippen LogP contribution in [-0.4, -0.2) is 58.9 Å². The van der Waals surface area contributed by atoms with Crippen molar-refractivity contribution < 1.29 is 48.7 Å².